The fourth-order valence-corrected chi connectivity index (χ4v) is 1.29. The third kappa shape index (κ3) is 2.97. The zero-order valence-corrected chi connectivity index (χ0v) is 9.60. The molecule has 1 aromatic heterocycles. The molecule has 1 rings (SSSR count). The fraction of sp³-hybridized carbons (Fsp3) is 0.333. The zero-order chi connectivity index (χ0) is 11.4. The van der Waals surface area contributed by atoms with Gasteiger partial charge < -0.3 is 10.5 Å². The summed E-state index contributed by atoms with van der Waals surface area (Å²) in [6.45, 7) is 2.19. The van der Waals surface area contributed by atoms with E-state index in [2.05, 4.69) is 4.98 Å². The molecule has 0 amide bonds. The number of nitrogens with two attached hydrogens (primary N) is 1. The van der Waals surface area contributed by atoms with Crippen molar-refractivity contribution in [1.82, 2.24) is 4.98 Å². The monoisotopic (exact) mass is 248 g/mol. The van der Waals surface area contributed by atoms with E-state index >= 15 is 0 Å². The molecule has 0 saturated carbocycles. The Labute approximate surface area is 97.3 Å². The Bertz CT molecular complexity index is 383. The van der Waals surface area contributed by atoms with Crippen LogP contribution in [0, 0.1) is 0 Å². The quantitative estimate of drug-likeness (QED) is 0.660. The molecule has 0 aliphatic rings. The van der Waals surface area contributed by atoms with Gasteiger partial charge in [0.1, 0.15) is 5.15 Å². The van der Waals surface area contributed by atoms with E-state index in [9.17, 15) is 4.79 Å². The summed E-state index contributed by atoms with van der Waals surface area (Å²) in [7, 11) is 0. The van der Waals surface area contributed by atoms with Crippen LogP contribution in [0.4, 0.5) is 5.69 Å². The summed E-state index contributed by atoms with van der Waals surface area (Å²) in [5.74, 6) is -0.615. The largest absolute Gasteiger partial charge is 0.461 e. The number of rotatable bonds is 3. The van der Waals surface area contributed by atoms with Gasteiger partial charge in [-0.15, -0.1) is 0 Å². The molecular weight excluding hydrogens is 239 g/mol. The van der Waals surface area contributed by atoms with Gasteiger partial charge in [-0.2, -0.15) is 0 Å². The van der Waals surface area contributed by atoms with Crippen molar-refractivity contribution in [3.8, 4) is 0 Å². The van der Waals surface area contributed by atoms with Gasteiger partial charge in [-0.05, 0) is 12.5 Å². The molecular formula is C9H10Cl2N2O2. The Morgan fingerprint density at radius 3 is 2.87 bits per heavy atom. The lowest BCUT2D eigenvalue weighted by Gasteiger charge is -2.06. The van der Waals surface area contributed by atoms with Crippen LogP contribution in [-0.2, 0) is 4.74 Å². The Balaban J connectivity index is 2.98. The lowest BCUT2D eigenvalue weighted by Crippen LogP contribution is -2.10. The third-order valence-electron chi connectivity index (χ3n) is 1.59. The molecule has 0 aliphatic carbocycles. The van der Waals surface area contributed by atoms with Gasteiger partial charge in [-0.3, -0.25) is 0 Å². The van der Waals surface area contributed by atoms with Crippen molar-refractivity contribution in [3.63, 3.8) is 0 Å². The number of aromatic nitrogens is 1. The van der Waals surface area contributed by atoms with Crippen LogP contribution >= 0.6 is 23.2 Å². The lowest BCUT2D eigenvalue weighted by atomic mass is 10.3. The maximum absolute atomic E-state index is 11.4. The maximum atomic E-state index is 11.4. The highest BCUT2D eigenvalue weighted by atomic mass is 35.5. The number of anilines is 1. The van der Waals surface area contributed by atoms with Crippen LogP contribution in [0.1, 0.15) is 23.8 Å². The van der Waals surface area contributed by atoms with Crippen molar-refractivity contribution >= 4 is 34.9 Å². The molecule has 0 saturated heterocycles. The minimum Gasteiger partial charge on any atom is -0.461 e. The van der Waals surface area contributed by atoms with Crippen molar-refractivity contribution in [3.05, 3.63) is 21.9 Å². The highest BCUT2D eigenvalue weighted by Gasteiger charge is 2.16. The summed E-state index contributed by atoms with van der Waals surface area (Å²) in [5, 5.41) is 0.181. The molecule has 0 aliphatic heterocycles. The summed E-state index contributed by atoms with van der Waals surface area (Å²) in [5.41, 5.74) is 5.69. The second-order valence-corrected chi connectivity index (χ2v) is 3.60. The summed E-state index contributed by atoms with van der Waals surface area (Å²) < 4.78 is 4.87. The minimum atomic E-state index is -0.615. The molecule has 0 unspecified atom stereocenters. The molecule has 0 radical (unpaired) electrons. The zero-order valence-electron chi connectivity index (χ0n) is 8.09. The molecule has 0 fully saturated rings. The van der Waals surface area contributed by atoms with Crippen LogP contribution in [0.5, 0.6) is 0 Å². The minimum absolute atomic E-state index is 0.0462. The molecule has 0 aromatic carbocycles. The van der Waals surface area contributed by atoms with Crippen molar-refractivity contribution in [2.75, 3.05) is 12.3 Å². The molecule has 6 heteroatoms. The lowest BCUT2D eigenvalue weighted by molar-refractivity contribution is 0.0498. The molecule has 1 heterocycles. The number of nitrogens with zero attached hydrogens (tertiary/aromatic N) is 1. The van der Waals surface area contributed by atoms with Crippen LogP contribution in [0.2, 0.25) is 10.2 Å². The number of hydrogen-bond donors (Lipinski definition) is 1. The van der Waals surface area contributed by atoms with Gasteiger partial charge in [0.25, 0.3) is 0 Å². The van der Waals surface area contributed by atoms with E-state index in [4.69, 9.17) is 33.7 Å². The molecule has 82 valence electrons. The van der Waals surface area contributed by atoms with Crippen molar-refractivity contribution in [2.45, 2.75) is 13.3 Å². The van der Waals surface area contributed by atoms with Gasteiger partial charge in [-0.1, -0.05) is 30.1 Å². The molecule has 2 N–H and O–H groups in total. The number of pyridine rings is 1. The van der Waals surface area contributed by atoms with Crippen molar-refractivity contribution in [1.29, 1.82) is 0 Å². The second kappa shape index (κ2) is 5.19. The molecule has 4 nitrogen and oxygen atoms in total. The van der Waals surface area contributed by atoms with Gasteiger partial charge in [0.05, 0.1) is 17.3 Å². The SMILES string of the molecule is CCCOC(=O)c1nc(Cl)cc(N)c1Cl. The first kappa shape index (κ1) is 12.1. The maximum Gasteiger partial charge on any atom is 0.358 e. The Hall–Kier alpha value is -1.00. The number of carbonyl (C=O) groups is 1. The summed E-state index contributed by atoms with van der Waals surface area (Å²) in [6, 6.07) is 1.38. The van der Waals surface area contributed by atoms with E-state index in [-0.39, 0.29) is 21.6 Å². The fourth-order valence-electron chi connectivity index (χ4n) is 0.915. The smallest absolute Gasteiger partial charge is 0.358 e. The van der Waals surface area contributed by atoms with E-state index in [1.807, 2.05) is 6.92 Å². The average molecular weight is 249 g/mol. The number of carbonyl (C=O) groups excluding carboxylic acids is 1. The van der Waals surface area contributed by atoms with E-state index < -0.39 is 5.97 Å². The predicted molar refractivity (Wildman–Crippen MR) is 59.2 cm³/mol. The second-order valence-electron chi connectivity index (χ2n) is 2.83. The van der Waals surface area contributed by atoms with Crippen LogP contribution in [-0.4, -0.2) is 17.6 Å². The Kier molecular flexibility index (Phi) is 4.17. The highest BCUT2D eigenvalue weighted by Crippen LogP contribution is 2.25. The van der Waals surface area contributed by atoms with Gasteiger partial charge in [0.15, 0.2) is 5.69 Å². The molecule has 0 spiro atoms. The van der Waals surface area contributed by atoms with Gasteiger partial charge >= 0.3 is 5.97 Å². The first-order valence-corrected chi connectivity index (χ1v) is 5.10. The summed E-state index contributed by atoms with van der Waals surface area (Å²) in [4.78, 5) is 15.2. The molecule has 1 aromatic rings. The normalized spacial score (nSPS) is 10.1. The number of nitrogen functional groups attached to an aromatic ring is 1. The van der Waals surface area contributed by atoms with Crippen LogP contribution < -0.4 is 5.73 Å². The Morgan fingerprint density at radius 2 is 2.27 bits per heavy atom. The standard InChI is InChI=1S/C9H10Cl2N2O2/c1-2-3-15-9(14)8-7(11)5(12)4-6(10)13-8/h4H,2-3H2,1H3,(H2,12,13). The van der Waals surface area contributed by atoms with Crippen LogP contribution in [0.15, 0.2) is 6.07 Å². The van der Waals surface area contributed by atoms with E-state index in [1.54, 1.807) is 0 Å². The molecule has 0 atom stereocenters. The molecule has 15 heavy (non-hydrogen) atoms. The van der Waals surface area contributed by atoms with E-state index in [1.165, 1.54) is 6.07 Å². The number of halogens is 2. The average Bonchev–Trinajstić information content (AvgIpc) is 2.19. The highest BCUT2D eigenvalue weighted by molar-refractivity contribution is 6.37. The number of esters is 1. The van der Waals surface area contributed by atoms with Crippen molar-refractivity contribution in [2.24, 2.45) is 0 Å². The van der Waals surface area contributed by atoms with Crippen LogP contribution in [0.25, 0.3) is 0 Å². The topological polar surface area (TPSA) is 65.2 Å². The number of ether oxygens (including phenoxy) is 1. The Morgan fingerprint density at radius 1 is 1.60 bits per heavy atom. The summed E-state index contributed by atoms with van der Waals surface area (Å²) >= 11 is 11.4. The van der Waals surface area contributed by atoms with E-state index in [0.29, 0.717) is 6.61 Å². The predicted octanol–water partition coefficient (Wildman–Crippen LogP) is 2.54. The first-order chi connectivity index (χ1) is 7.06. The van der Waals surface area contributed by atoms with E-state index in [0.717, 1.165) is 6.42 Å². The first-order valence-electron chi connectivity index (χ1n) is 4.35. The summed E-state index contributed by atoms with van der Waals surface area (Å²) in [6.07, 6.45) is 0.722. The van der Waals surface area contributed by atoms with Gasteiger partial charge in [0, 0.05) is 0 Å². The van der Waals surface area contributed by atoms with Crippen molar-refractivity contribution < 1.29 is 9.53 Å². The van der Waals surface area contributed by atoms with Crippen LogP contribution in [0.3, 0.4) is 0 Å². The number of hydrogen-bond acceptors (Lipinski definition) is 4. The molecule has 0 bridgehead atoms. The van der Waals surface area contributed by atoms with Gasteiger partial charge in [-0.25, -0.2) is 9.78 Å². The van der Waals surface area contributed by atoms with Gasteiger partial charge in [0.2, 0.25) is 0 Å². The third-order valence-corrected chi connectivity index (χ3v) is 2.18.